The molecular weight excluding hydrogens is 466 g/mol. The first-order valence-electron chi connectivity index (χ1n) is 10.2. The van der Waals surface area contributed by atoms with Gasteiger partial charge in [0, 0.05) is 30.5 Å². The summed E-state index contributed by atoms with van der Waals surface area (Å²) in [6.07, 6.45) is 0. The fourth-order valence-electron chi connectivity index (χ4n) is 2.97. The number of hydrogen-bond donors (Lipinski definition) is 2. The van der Waals surface area contributed by atoms with E-state index in [2.05, 4.69) is 10.6 Å². The number of nitrogens with one attached hydrogen (secondary N) is 2. The lowest BCUT2D eigenvalue weighted by atomic mass is 10.2. The van der Waals surface area contributed by atoms with Crippen molar-refractivity contribution in [3.05, 3.63) is 42.5 Å². The molecule has 2 rings (SSSR count). The van der Waals surface area contributed by atoms with E-state index in [9.17, 15) is 18.0 Å². The Morgan fingerprint density at radius 3 is 1.88 bits per heavy atom. The van der Waals surface area contributed by atoms with Crippen LogP contribution in [0, 0.1) is 0 Å². The lowest BCUT2D eigenvalue weighted by molar-refractivity contribution is -0.114. The highest BCUT2D eigenvalue weighted by atomic mass is 32.2. The van der Waals surface area contributed by atoms with Crippen LogP contribution < -0.4 is 20.1 Å². The van der Waals surface area contributed by atoms with Gasteiger partial charge in [-0.05, 0) is 36.4 Å². The second-order valence-corrected chi connectivity index (χ2v) is 9.70. The number of carbonyl (C=O) groups excluding carboxylic acids is 2. The molecule has 2 N–H and O–H groups in total. The maximum Gasteiger partial charge on any atom is 0.243 e. The molecule has 0 unspecified atom stereocenters. The van der Waals surface area contributed by atoms with Crippen LogP contribution >= 0.6 is 11.8 Å². The van der Waals surface area contributed by atoms with Gasteiger partial charge in [-0.25, -0.2) is 8.42 Å². The van der Waals surface area contributed by atoms with Crippen LogP contribution in [-0.4, -0.2) is 63.4 Å². The Hall–Kier alpha value is -2.76. The SMILES string of the molecule is CCN(CC)S(=O)(=O)c1ccc(NC(=O)CSCC(=O)Nc2ccc(OC)c(OC)c2)cc1. The molecule has 0 aliphatic rings. The number of nitrogens with zero attached hydrogens (tertiary/aromatic N) is 1. The van der Waals surface area contributed by atoms with E-state index in [1.54, 1.807) is 44.2 Å². The minimum absolute atomic E-state index is 0.0683. The van der Waals surface area contributed by atoms with Gasteiger partial charge in [0.05, 0.1) is 30.6 Å². The summed E-state index contributed by atoms with van der Waals surface area (Å²) in [7, 11) is -0.510. The normalized spacial score (nSPS) is 11.2. The fourth-order valence-corrected chi connectivity index (χ4v) is 5.04. The molecule has 11 heteroatoms. The molecule has 180 valence electrons. The van der Waals surface area contributed by atoms with Crippen LogP contribution in [0.5, 0.6) is 11.5 Å². The number of methoxy groups -OCH3 is 2. The van der Waals surface area contributed by atoms with Crippen LogP contribution in [0.1, 0.15) is 13.8 Å². The number of ether oxygens (including phenoxy) is 2. The molecule has 0 spiro atoms. The predicted octanol–water partition coefficient (Wildman–Crippen LogP) is 3.04. The average molecular weight is 496 g/mol. The van der Waals surface area contributed by atoms with E-state index < -0.39 is 10.0 Å². The first kappa shape index (κ1) is 26.5. The van der Waals surface area contributed by atoms with Crippen molar-refractivity contribution in [1.29, 1.82) is 0 Å². The molecule has 0 aromatic heterocycles. The second kappa shape index (κ2) is 12.5. The van der Waals surface area contributed by atoms with Crippen molar-refractivity contribution in [3.63, 3.8) is 0 Å². The average Bonchev–Trinajstić information content (AvgIpc) is 2.80. The first-order chi connectivity index (χ1) is 15.7. The van der Waals surface area contributed by atoms with Gasteiger partial charge in [0.1, 0.15) is 0 Å². The zero-order valence-electron chi connectivity index (χ0n) is 19.1. The molecule has 0 saturated heterocycles. The Balaban J connectivity index is 1.83. The maximum absolute atomic E-state index is 12.5. The minimum atomic E-state index is -3.55. The lowest BCUT2D eigenvalue weighted by Crippen LogP contribution is -2.30. The number of benzene rings is 2. The number of hydrogen-bond acceptors (Lipinski definition) is 7. The number of thioether (sulfide) groups is 1. The van der Waals surface area contributed by atoms with E-state index in [4.69, 9.17) is 9.47 Å². The van der Waals surface area contributed by atoms with Gasteiger partial charge in [-0.1, -0.05) is 13.8 Å². The van der Waals surface area contributed by atoms with Gasteiger partial charge in [-0.3, -0.25) is 9.59 Å². The summed E-state index contributed by atoms with van der Waals surface area (Å²) in [5.74, 6) is 0.657. The van der Waals surface area contributed by atoms with Crippen LogP contribution in [0.3, 0.4) is 0 Å². The van der Waals surface area contributed by atoms with E-state index in [0.717, 1.165) is 11.8 Å². The largest absolute Gasteiger partial charge is 0.493 e. The number of carbonyl (C=O) groups is 2. The van der Waals surface area contributed by atoms with E-state index in [-0.39, 0.29) is 28.2 Å². The molecule has 0 aliphatic heterocycles. The molecule has 0 fully saturated rings. The summed E-state index contributed by atoms with van der Waals surface area (Å²) in [6, 6.07) is 11.1. The highest BCUT2D eigenvalue weighted by Gasteiger charge is 2.21. The van der Waals surface area contributed by atoms with Gasteiger partial charge < -0.3 is 20.1 Å². The summed E-state index contributed by atoms with van der Waals surface area (Å²) in [4.78, 5) is 24.5. The Labute approximate surface area is 198 Å². The van der Waals surface area contributed by atoms with E-state index >= 15 is 0 Å². The van der Waals surface area contributed by atoms with Gasteiger partial charge in [0.25, 0.3) is 0 Å². The van der Waals surface area contributed by atoms with E-state index in [0.29, 0.717) is 36.0 Å². The fraction of sp³-hybridized carbons (Fsp3) is 0.364. The standard InChI is InChI=1S/C22H29N3O6S2/c1-5-25(6-2)33(28,29)18-10-7-16(8-11-18)23-21(26)14-32-15-22(27)24-17-9-12-19(30-3)20(13-17)31-4/h7-13H,5-6,14-15H2,1-4H3,(H,23,26)(H,24,27). The van der Waals surface area contributed by atoms with Crippen molar-refractivity contribution < 1.29 is 27.5 Å². The molecule has 9 nitrogen and oxygen atoms in total. The zero-order valence-corrected chi connectivity index (χ0v) is 20.7. The molecule has 2 aromatic rings. The molecular formula is C22H29N3O6S2. The molecule has 0 radical (unpaired) electrons. The van der Waals surface area contributed by atoms with Gasteiger partial charge in [0.2, 0.25) is 21.8 Å². The zero-order chi connectivity index (χ0) is 24.4. The van der Waals surface area contributed by atoms with Gasteiger partial charge in [0.15, 0.2) is 11.5 Å². The Bertz CT molecular complexity index is 1050. The first-order valence-corrected chi connectivity index (χ1v) is 12.8. The molecule has 2 aromatic carbocycles. The lowest BCUT2D eigenvalue weighted by Gasteiger charge is -2.18. The molecule has 0 atom stereocenters. The second-order valence-electron chi connectivity index (χ2n) is 6.77. The Kier molecular flexibility index (Phi) is 10.0. The third kappa shape index (κ3) is 7.37. The van der Waals surface area contributed by atoms with E-state index in [1.165, 1.54) is 30.7 Å². The summed E-state index contributed by atoms with van der Waals surface area (Å²) >= 11 is 1.16. The van der Waals surface area contributed by atoms with Crippen molar-refractivity contribution >= 4 is 45.0 Å². The van der Waals surface area contributed by atoms with Crippen LogP contribution in [0.2, 0.25) is 0 Å². The van der Waals surface area contributed by atoms with Crippen molar-refractivity contribution in [2.45, 2.75) is 18.7 Å². The number of anilines is 2. The summed E-state index contributed by atoms with van der Waals surface area (Å²) in [5.41, 5.74) is 1.04. The molecule has 0 heterocycles. The summed E-state index contributed by atoms with van der Waals surface area (Å²) in [5, 5.41) is 5.44. The van der Waals surface area contributed by atoms with E-state index in [1.807, 2.05) is 0 Å². The topological polar surface area (TPSA) is 114 Å². The molecule has 2 amide bonds. The van der Waals surface area contributed by atoms with Crippen LogP contribution in [0.4, 0.5) is 11.4 Å². The van der Waals surface area contributed by atoms with Gasteiger partial charge in [-0.2, -0.15) is 4.31 Å². The van der Waals surface area contributed by atoms with Crippen molar-refractivity contribution in [3.8, 4) is 11.5 Å². The summed E-state index contributed by atoms with van der Waals surface area (Å²) in [6.45, 7) is 4.32. The van der Waals surface area contributed by atoms with Crippen molar-refractivity contribution in [2.75, 3.05) is 49.4 Å². The minimum Gasteiger partial charge on any atom is -0.493 e. The third-order valence-corrected chi connectivity index (χ3v) is 7.61. The van der Waals surface area contributed by atoms with Gasteiger partial charge in [-0.15, -0.1) is 11.8 Å². The summed E-state index contributed by atoms with van der Waals surface area (Å²) < 4.78 is 36.8. The monoisotopic (exact) mass is 495 g/mol. The van der Waals surface area contributed by atoms with Gasteiger partial charge >= 0.3 is 0 Å². The number of rotatable bonds is 12. The predicted molar refractivity (Wildman–Crippen MR) is 131 cm³/mol. The van der Waals surface area contributed by atoms with Crippen molar-refractivity contribution in [1.82, 2.24) is 4.31 Å². The number of sulfonamides is 1. The highest BCUT2D eigenvalue weighted by Crippen LogP contribution is 2.29. The molecule has 0 aliphatic carbocycles. The Morgan fingerprint density at radius 1 is 0.848 bits per heavy atom. The highest BCUT2D eigenvalue weighted by molar-refractivity contribution is 8.00. The van der Waals surface area contributed by atoms with Crippen LogP contribution in [-0.2, 0) is 19.6 Å². The third-order valence-electron chi connectivity index (χ3n) is 4.61. The van der Waals surface area contributed by atoms with Crippen LogP contribution in [0.25, 0.3) is 0 Å². The number of amides is 2. The smallest absolute Gasteiger partial charge is 0.243 e. The van der Waals surface area contributed by atoms with Crippen molar-refractivity contribution in [2.24, 2.45) is 0 Å². The molecule has 33 heavy (non-hydrogen) atoms. The molecule has 0 bridgehead atoms. The Morgan fingerprint density at radius 2 is 1.36 bits per heavy atom. The molecule has 0 saturated carbocycles. The maximum atomic E-state index is 12.5. The quantitative estimate of drug-likeness (QED) is 0.465. The van der Waals surface area contributed by atoms with Crippen LogP contribution in [0.15, 0.2) is 47.4 Å².